The van der Waals surface area contributed by atoms with Crippen molar-refractivity contribution in [2.24, 2.45) is 5.92 Å². The molecule has 0 aliphatic carbocycles. The number of benzene rings is 1. The zero-order valence-electron chi connectivity index (χ0n) is 15.0. The molecule has 2 rings (SSSR count). The van der Waals surface area contributed by atoms with Crippen molar-refractivity contribution in [3.8, 4) is 0 Å². The predicted molar refractivity (Wildman–Crippen MR) is 107 cm³/mol. The quantitative estimate of drug-likeness (QED) is 0.331. The van der Waals surface area contributed by atoms with Crippen molar-refractivity contribution < 1.29 is 4.79 Å². The molecule has 1 amide bonds. The third kappa shape index (κ3) is 6.38. The van der Waals surface area contributed by atoms with Crippen LogP contribution in [0.2, 0.25) is 0 Å². The monoisotopic (exact) mass is 360 g/mol. The summed E-state index contributed by atoms with van der Waals surface area (Å²) in [4.78, 5) is 15.3. The number of unbranched alkanes of at least 4 members (excludes halogenated alkanes) is 2. The number of fused-ring (bicyclic) bond motifs is 1. The number of hydrazine groups is 1. The van der Waals surface area contributed by atoms with E-state index in [-0.39, 0.29) is 5.91 Å². The van der Waals surface area contributed by atoms with Crippen LogP contribution in [0.3, 0.4) is 0 Å². The zero-order valence-corrected chi connectivity index (χ0v) is 15.8. The SMILES string of the molecule is CCCCC[C@@H](C)CNC(=S)NNC(=O)Cc1c[nH]c2ccccc12. The number of carbonyl (C=O) groups excluding carboxylic acids is 1. The molecule has 2 aromatic rings. The number of amides is 1. The smallest absolute Gasteiger partial charge is 0.242 e. The summed E-state index contributed by atoms with van der Waals surface area (Å²) in [6.07, 6.45) is 7.13. The number of rotatable bonds is 8. The molecule has 1 aromatic heterocycles. The highest BCUT2D eigenvalue weighted by atomic mass is 32.1. The second-order valence-corrected chi connectivity index (χ2v) is 6.93. The second-order valence-electron chi connectivity index (χ2n) is 6.52. The fourth-order valence-corrected chi connectivity index (χ4v) is 2.91. The van der Waals surface area contributed by atoms with Crippen molar-refractivity contribution in [2.45, 2.75) is 46.0 Å². The van der Waals surface area contributed by atoms with E-state index < -0.39 is 0 Å². The van der Waals surface area contributed by atoms with Crippen molar-refractivity contribution in [3.05, 3.63) is 36.0 Å². The first kappa shape index (κ1) is 19.2. The van der Waals surface area contributed by atoms with Gasteiger partial charge in [-0.05, 0) is 36.2 Å². The molecule has 1 atom stereocenters. The van der Waals surface area contributed by atoms with Crippen molar-refractivity contribution in [3.63, 3.8) is 0 Å². The molecule has 5 nitrogen and oxygen atoms in total. The molecule has 0 saturated carbocycles. The summed E-state index contributed by atoms with van der Waals surface area (Å²) in [6, 6.07) is 7.94. The van der Waals surface area contributed by atoms with Gasteiger partial charge in [0.2, 0.25) is 5.91 Å². The summed E-state index contributed by atoms with van der Waals surface area (Å²) in [7, 11) is 0. The Balaban J connectivity index is 1.68. The van der Waals surface area contributed by atoms with Crippen LogP contribution in [0.5, 0.6) is 0 Å². The lowest BCUT2D eigenvalue weighted by molar-refractivity contribution is -0.120. The molecule has 0 saturated heterocycles. The molecule has 6 heteroatoms. The summed E-state index contributed by atoms with van der Waals surface area (Å²) in [5, 5.41) is 4.67. The molecule has 25 heavy (non-hydrogen) atoms. The second kappa shape index (κ2) is 10.0. The normalized spacial score (nSPS) is 11.9. The largest absolute Gasteiger partial charge is 0.361 e. The number of hydrogen-bond donors (Lipinski definition) is 4. The Morgan fingerprint density at radius 3 is 2.84 bits per heavy atom. The Hall–Kier alpha value is -2.08. The van der Waals surface area contributed by atoms with Gasteiger partial charge in [0.05, 0.1) is 6.42 Å². The third-order valence-electron chi connectivity index (χ3n) is 4.25. The van der Waals surface area contributed by atoms with Crippen LogP contribution in [0, 0.1) is 5.92 Å². The number of para-hydroxylation sites is 1. The number of nitrogens with one attached hydrogen (secondary N) is 4. The van der Waals surface area contributed by atoms with Crippen LogP contribution < -0.4 is 16.2 Å². The van der Waals surface area contributed by atoms with Crippen molar-refractivity contribution in [1.82, 2.24) is 21.2 Å². The van der Waals surface area contributed by atoms with Gasteiger partial charge in [0.15, 0.2) is 5.11 Å². The number of thiocarbonyl (C=S) groups is 1. The number of hydrogen-bond acceptors (Lipinski definition) is 2. The number of aromatic nitrogens is 1. The summed E-state index contributed by atoms with van der Waals surface area (Å²) < 4.78 is 0. The van der Waals surface area contributed by atoms with E-state index in [1.807, 2.05) is 30.5 Å². The molecule has 1 heterocycles. The van der Waals surface area contributed by atoms with E-state index in [9.17, 15) is 4.79 Å². The summed E-state index contributed by atoms with van der Waals surface area (Å²) >= 11 is 5.21. The topological polar surface area (TPSA) is 68.9 Å². The van der Waals surface area contributed by atoms with Gasteiger partial charge >= 0.3 is 0 Å². The van der Waals surface area contributed by atoms with Gasteiger partial charge < -0.3 is 10.3 Å². The average molecular weight is 361 g/mol. The van der Waals surface area contributed by atoms with Gasteiger partial charge in [-0.25, -0.2) is 0 Å². The lowest BCUT2D eigenvalue weighted by Gasteiger charge is -2.15. The Morgan fingerprint density at radius 1 is 1.24 bits per heavy atom. The molecule has 136 valence electrons. The maximum absolute atomic E-state index is 12.1. The standard InChI is InChI=1S/C19H28N4OS/c1-3-4-5-8-14(2)12-21-19(25)23-22-18(24)11-15-13-20-17-10-7-6-9-16(15)17/h6-7,9-10,13-14,20H,3-5,8,11-12H2,1-2H3,(H,22,24)(H2,21,23,25)/t14-/m1/s1. The predicted octanol–water partition coefficient (Wildman–Crippen LogP) is 3.42. The summed E-state index contributed by atoms with van der Waals surface area (Å²) in [5.74, 6) is 0.443. The molecular weight excluding hydrogens is 332 g/mol. The fourth-order valence-electron chi connectivity index (χ4n) is 2.78. The van der Waals surface area contributed by atoms with Crippen molar-refractivity contribution in [1.29, 1.82) is 0 Å². The van der Waals surface area contributed by atoms with Gasteiger partial charge in [-0.15, -0.1) is 0 Å². The molecular formula is C19H28N4OS. The van der Waals surface area contributed by atoms with Crippen LogP contribution in [0.25, 0.3) is 10.9 Å². The maximum Gasteiger partial charge on any atom is 0.242 e. The lowest BCUT2D eigenvalue weighted by atomic mass is 10.0. The molecule has 0 radical (unpaired) electrons. The molecule has 4 N–H and O–H groups in total. The van der Waals surface area contributed by atoms with Gasteiger partial charge in [-0.3, -0.25) is 15.6 Å². The van der Waals surface area contributed by atoms with E-state index in [4.69, 9.17) is 12.2 Å². The highest BCUT2D eigenvalue weighted by molar-refractivity contribution is 7.80. The Kier molecular flexibility index (Phi) is 7.73. The van der Waals surface area contributed by atoms with Crippen LogP contribution in [-0.4, -0.2) is 22.5 Å². The van der Waals surface area contributed by atoms with E-state index in [2.05, 4.69) is 35.0 Å². The molecule has 0 unspecified atom stereocenters. The first-order valence-electron chi connectivity index (χ1n) is 8.97. The molecule has 0 bridgehead atoms. The van der Waals surface area contributed by atoms with Gasteiger partial charge in [0.1, 0.15) is 0 Å². The van der Waals surface area contributed by atoms with E-state index in [1.54, 1.807) is 0 Å². The summed E-state index contributed by atoms with van der Waals surface area (Å²) in [5.41, 5.74) is 7.44. The van der Waals surface area contributed by atoms with E-state index in [1.165, 1.54) is 25.7 Å². The van der Waals surface area contributed by atoms with E-state index in [0.29, 0.717) is 17.5 Å². The minimum absolute atomic E-state index is 0.120. The van der Waals surface area contributed by atoms with E-state index in [0.717, 1.165) is 23.0 Å². The van der Waals surface area contributed by atoms with Crippen molar-refractivity contribution >= 4 is 34.1 Å². The molecule has 0 fully saturated rings. The fraction of sp³-hybridized carbons (Fsp3) is 0.474. The molecule has 1 aromatic carbocycles. The van der Waals surface area contributed by atoms with Crippen LogP contribution in [0.15, 0.2) is 30.5 Å². The van der Waals surface area contributed by atoms with Gasteiger partial charge in [0, 0.05) is 23.6 Å². The highest BCUT2D eigenvalue weighted by Crippen LogP contribution is 2.17. The van der Waals surface area contributed by atoms with Crippen LogP contribution >= 0.6 is 12.2 Å². The molecule has 0 aliphatic rings. The first-order chi connectivity index (χ1) is 12.1. The van der Waals surface area contributed by atoms with Gasteiger partial charge in [-0.2, -0.15) is 0 Å². The van der Waals surface area contributed by atoms with Crippen LogP contribution in [0.1, 0.15) is 45.1 Å². The summed E-state index contributed by atoms with van der Waals surface area (Å²) in [6.45, 7) is 5.23. The Bertz CT molecular complexity index is 698. The van der Waals surface area contributed by atoms with Crippen LogP contribution in [0.4, 0.5) is 0 Å². The van der Waals surface area contributed by atoms with E-state index >= 15 is 0 Å². The first-order valence-corrected chi connectivity index (χ1v) is 9.38. The maximum atomic E-state index is 12.1. The average Bonchev–Trinajstić information content (AvgIpc) is 3.01. The lowest BCUT2D eigenvalue weighted by Crippen LogP contribution is -2.48. The number of H-pyrrole nitrogens is 1. The number of carbonyl (C=O) groups is 1. The van der Waals surface area contributed by atoms with Crippen LogP contribution in [-0.2, 0) is 11.2 Å². The minimum atomic E-state index is -0.120. The minimum Gasteiger partial charge on any atom is -0.361 e. The Labute approximate surface area is 154 Å². The van der Waals surface area contributed by atoms with Crippen molar-refractivity contribution in [2.75, 3.05) is 6.54 Å². The number of aromatic amines is 1. The molecule has 0 spiro atoms. The van der Waals surface area contributed by atoms with Gasteiger partial charge in [-0.1, -0.05) is 51.3 Å². The Morgan fingerprint density at radius 2 is 2.04 bits per heavy atom. The zero-order chi connectivity index (χ0) is 18.1. The highest BCUT2D eigenvalue weighted by Gasteiger charge is 2.09. The third-order valence-corrected chi connectivity index (χ3v) is 4.50. The van der Waals surface area contributed by atoms with Gasteiger partial charge in [0.25, 0.3) is 0 Å². The molecule has 0 aliphatic heterocycles.